The standard InChI is InChI=1S/C24H18Cl3N3O/c25-18-6-3-7-19(26)16(18)11-23-29-21-10-17(20(27)12-22(21)30-23)24(31)28-15-8-13-4-1-2-5-14(13)9-15/h1-7,10,12,15H,8-9,11H2,(H,28,31)(H,29,30). The number of aromatic amines is 1. The molecule has 5 rings (SSSR count). The number of nitrogens with one attached hydrogen (secondary N) is 2. The van der Waals surface area contributed by atoms with E-state index in [9.17, 15) is 4.79 Å². The monoisotopic (exact) mass is 469 g/mol. The van der Waals surface area contributed by atoms with Crippen LogP contribution in [0.3, 0.4) is 0 Å². The molecule has 1 aromatic heterocycles. The van der Waals surface area contributed by atoms with E-state index < -0.39 is 0 Å². The van der Waals surface area contributed by atoms with E-state index in [0.29, 0.717) is 38.4 Å². The summed E-state index contributed by atoms with van der Waals surface area (Å²) in [6.45, 7) is 0. The van der Waals surface area contributed by atoms with Gasteiger partial charge >= 0.3 is 0 Å². The van der Waals surface area contributed by atoms with Gasteiger partial charge in [0.15, 0.2) is 0 Å². The van der Waals surface area contributed by atoms with E-state index in [0.717, 1.165) is 23.9 Å². The fourth-order valence-electron chi connectivity index (χ4n) is 4.13. The van der Waals surface area contributed by atoms with Gasteiger partial charge in [0.05, 0.1) is 21.6 Å². The summed E-state index contributed by atoms with van der Waals surface area (Å²) in [5.74, 6) is 0.508. The highest BCUT2D eigenvalue weighted by Crippen LogP contribution is 2.29. The minimum Gasteiger partial charge on any atom is -0.349 e. The lowest BCUT2D eigenvalue weighted by Gasteiger charge is -2.13. The summed E-state index contributed by atoms with van der Waals surface area (Å²) in [5, 5.41) is 4.67. The summed E-state index contributed by atoms with van der Waals surface area (Å²) in [4.78, 5) is 20.8. The fourth-order valence-corrected chi connectivity index (χ4v) is 4.91. The van der Waals surface area contributed by atoms with Gasteiger partial charge in [0.1, 0.15) is 5.82 Å². The number of H-pyrrole nitrogens is 1. The van der Waals surface area contributed by atoms with Crippen LogP contribution in [0.5, 0.6) is 0 Å². The fraction of sp³-hybridized carbons (Fsp3) is 0.167. The third kappa shape index (κ3) is 4.03. The van der Waals surface area contributed by atoms with Gasteiger partial charge in [0.2, 0.25) is 0 Å². The molecule has 0 spiro atoms. The van der Waals surface area contributed by atoms with Gasteiger partial charge in [0.25, 0.3) is 5.91 Å². The van der Waals surface area contributed by atoms with Crippen LogP contribution in [0.15, 0.2) is 54.6 Å². The van der Waals surface area contributed by atoms with Crippen LogP contribution in [0, 0.1) is 0 Å². The molecule has 31 heavy (non-hydrogen) atoms. The van der Waals surface area contributed by atoms with Crippen LogP contribution in [0.1, 0.15) is 32.9 Å². The number of imidazole rings is 1. The van der Waals surface area contributed by atoms with Crippen molar-refractivity contribution < 1.29 is 4.79 Å². The lowest BCUT2D eigenvalue weighted by atomic mass is 10.1. The lowest BCUT2D eigenvalue weighted by molar-refractivity contribution is 0.0939. The number of halogens is 3. The van der Waals surface area contributed by atoms with Crippen LogP contribution in [0.4, 0.5) is 0 Å². The van der Waals surface area contributed by atoms with Crippen LogP contribution >= 0.6 is 34.8 Å². The van der Waals surface area contributed by atoms with Crippen LogP contribution in [-0.4, -0.2) is 21.9 Å². The molecule has 0 radical (unpaired) electrons. The van der Waals surface area contributed by atoms with Gasteiger partial charge in [-0.05, 0) is 53.8 Å². The van der Waals surface area contributed by atoms with Gasteiger partial charge in [0, 0.05) is 22.5 Å². The maximum Gasteiger partial charge on any atom is 0.253 e. The first kappa shape index (κ1) is 20.4. The maximum absolute atomic E-state index is 12.9. The average molecular weight is 471 g/mol. The number of hydrogen-bond donors (Lipinski definition) is 2. The number of amides is 1. The number of hydrogen-bond acceptors (Lipinski definition) is 2. The zero-order valence-electron chi connectivity index (χ0n) is 16.4. The molecule has 7 heteroatoms. The van der Waals surface area contributed by atoms with E-state index in [1.165, 1.54) is 11.1 Å². The molecule has 1 aliphatic carbocycles. The molecule has 0 aliphatic heterocycles. The van der Waals surface area contributed by atoms with E-state index in [4.69, 9.17) is 34.8 Å². The van der Waals surface area contributed by atoms with Crippen molar-refractivity contribution in [3.8, 4) is 0 Å². The molecule has 0 atom stereocenters. The second kappa shape index (κ2) is 8.19. The Morgan fingerprint density at radius 2 is 1.65 bits per heavy atom. The Kier molecular flexibility index (Phi) is 5.39. The molecule has 1 heterocycles. The highest BCUT2D eigenvalue weighted by atomic mass is 35.5. The predicted molar refractivity (Wildman–Crippen MR) is 125 cm³/mol. The highest BCUT2D eigenvalue weighted by molar-refractivity contribution is 6.36. The Labute approximate surface area is 194 Å². The minimum absolute atomic E-state index is 0.0637. The molecule has 1 aliphatic rings. The molecule has 0 saturated carbocycles. The van der Waals surface area contributed by atoms with Crippen molar-refractivity contribution in [3.05, 3.63) is 97.7 Å². The van der Waals surface area contributed by atoms with E-state index in [1.54, 1.807) is 30.3 Å². The largest absolute Gasteiger partial charge is 0.349 e. The molecule has 2 N–H and O–H groups in total. The van der Waals surface area contributed by atoms with Crippen LogP contribution in [-0.2, 0) is 19.3 Å². The van der Waals surface area contributed by atoms with Crippen molar-refractivity contribution >= 4 is 51.7 Å². The summed E-state index contributed by atoms with van der Waals surface area (Å²) in [7, 11) is 0. The Balaban J connectivity index is 1.38. The van der Waals surface area contributed by atoms with E-state index in [1.807, 2.05) is 12.1 Å². The molecule has 0 fully saturated rings. The first-order valence-electron chi connectivity index (χ1n) is 9.96. The molecule has 4 aromatic rings. The number of carbonyl (C=O) groups is 1. The number of nitrogens with zero attached hydrogens (tertiary/aromatic N) is 1. The van der Waals surface area contributed by atoms with Gasteiger partial charge in [-0.25, -0.2) is 4.98 Å². The SMILES string of the molecule is O=C(NC1Cc2ccccc2C1)c1cc2nc(Cc3c(Cl)cccc3Cl)[nH]c2cc1Cl. The van der Waals surface area contributed by atoms with Crippen molar-refractivity contribution in [2.45, 2.75) is 25.3 Å². The number of carbonyl (C=O) groups excluding carboxylic acids is 1. The van der Waals surface area contributed by atoms with Crippen molar-refractivity contribution in [1.82, 2.24) is 15.3 Å². The molecule has 4 nitrogen and oxygen atoms in total. The van der Waals surface area contributed by atoms with Crippen molar-refractivity contribution in [2.24, 2.45) is 0 Å². The number of rotatable bonds is 4. The van der Waals surface area contributed by atoms with Crippen LogP contribution in [0.25, 0.3) is 11.0 Å². The van der Waals surface area contributed by atoms with Gasteiger partial charge < -0.3 is 10.3 Å². The number of benzene rings is 3. The summed E-state index contributed by atoms with van der Waals surface area (Å²) in [6, 6.07) is 17.2. The van der Waals surface area contributed by atoms with E-state index in [2.05, 4.69) is 27.4 Å². The van der Waals surface area contributed by atoms with Gasteiger partial charge in [-0.3, -0.25) is 4.79 Å². The van der Waals surface area contributed by atoms with E-state index >= 15 is 0 Å². The zero-order valence-corrected chi connectivity index (χ0v) is 18.7. The van der Waals surface area contributed by atoms with Gasteiger partial charge in [-0.1, -0.05) is 65.1 Å². The number of aromatic nitrogens is 2. The minimum atomic E-state index is -0.191. The smallest absolute Gasteiger partial charge is 0.253 e. The second-order valence-corrected chi connectivity index (χ2v) is 8.98. The Morgan fingerprint density at radius 3 is 2.32 bits per heavy atom. The third-order valence-electron chi connectivity index (χ3n) is 5.66. The molecule has 156 valence electrons. The first-order chi connectivity index (χ1) is 15.0. The predicted octanol–water partition coefficient (Wildman–Crippen LogP) is 6.01. The quantitative estimate of drug-likeness (QED) is 0.384. The summed E-state index contributed by atoms with van der Waals surface area (Å²) in [5.41, 5.74) is 5.21. The van der Waals surface area contributed by atoms with E-state index in [-0.39, 0.29) is 11.9 Å². The Bertz CT molecular complexity index is 1270. The summed E-state index contributed by atoms with van der Waals surface area (Å²) < 4.78 is 0. The normalized spacial score (nSPS) is 13.5. The first-order valence-corrected chi connectivity index (χ1v) is 11.1. The number of fused-ring (bicyclic) bond motifs is 2. The Hall–Kier alpha value is -2.53. The Morgan fingerprint density at radius 1 is 0.968 bits per heavy atom. The molecule has 0 unspecified atom stereocenters. The average Bonchev–Trinajstić information content (AvgIpc) is 3.32. The lowest BCUT2D eigenvalue weighted by Crippen LogP contribution is -2.35. The zero-order chi connectivity index (χ0) is 21.5. The summed E-state index contributed by atoms with van der Waals surface area (Å²) in [6.07, 6.45) is 2.10. The van der Waals surface area contributed by atoms with Crippen molar-refractivity contribution in [1.29, 1.82) is 0 Å². The van der Waals surface area contributed by atoms with Gasteiger partial charge in [-0.2, -0.15) is 0 Å². The van der Waals surface area contributed by atoms with Crippen molar-refractivity contribution in [2.75, 3.05) is 0 Å². The molecule has 1 amide bonds. The molecule has 0 bridgehead atoms. The summed E-state index contributed by atoms with van der Waals surface area (Å²) >= 11 is 19.0. The third-order valence-corrected chi connectivity index (χ3v) is 6.68. The molecule has 0 saturated heterocycles. The van der Waals surface area contributed by atoms with Crippen LogP contribution < -0.4 is 5.32 Å². The van der Waals surface area contributed by atoms with Gasteiger partial charge in [-0.15, -0.1) is 0 Å². The molecular weight excluding hydrogens is 453 g/mol. The second-order valence-electron chi connectivity index (χ2n) is 7.76. The van der Waals surface area contributed by atoms with Crippen molar-refractivity contribution in [3.63, 3.8) is 0 Å². The molecule has 3 aromatic carbocycles. The highest BCUT2D eigenvalue weighted by Gasteiger charge is 2.24. The molecular formula is C24H18Cl3N3O. The maximum atomic E-state index is 12.9. The topological polar surface area (TPSA) is 57.8 Å². The van der Waals surface area contributed by atoms with Crippen LogP contribution in [0.2, 0.25) is 15.1 Å².